The quantitative estimate of drug-likeness (QED) is 0.379. The average molecular weight is 216 g/mol. The molecule has 5 nitrogen and oxygen atoms in total. The van der Waals surface area contributed by atoms with Gasteiger partial charge in [0.15, 0.2) is 0 Å². The molecule has 0 aromatic rings. The third kappa shape index (κ3) is 7.66. The van der Waals surface area contributed by atoms with Crippen LogP contribution in [0.3, 0.4) is 0 Å². The molecule has 0 radical (unpaired) electrons. The van der Waals surface area contributed by atoms with Gasteiger partial charge in [-0.2, -0.15) is 0 Å². The number of carbonyl (C=O) groups excluding carboxylic acids is 3. The van der Waals surface area contributed by atoms with E-state index in [1.54, 1.807) is 0 Å². The molecule has 0 saturated heterocycles. The Balaban J connectivity index is 3.82. The van der Waals surface area contributed by atoms with Crippen molar-refractivity contribution in [2.75, 3.05) is 0 Å². The maximum absolute atomic E-state index is 11.1. The molecule has 0 spiro atoms. The van der Waals surface area contributed by atoms with Crippen molar-refractivity contribution < 1.29 is 23.9 Å². The smallest absolute Gasteiger partial charge is 0.316 e. The largest absolute Gasteiger partial charge is 0.426 e. The molecule has 0 heterocycles. The van der Waals surface area contributed by atoms with E-state index in [9.17, 15) is 14.4 Å². The Hall–Kier alpha value is -1.39. The predicted octanol–water partition coefficient (Wildman–Crippen LogP) is 1.20. The SMILES string of the molecule is CCCC(=O)CC(=O)OC(C)OC(C)=O. The van der Waals surface area contributed by atoms with Crippen molar-refractivity contribution in [3.8, 4) is 0 Å². The number of ether oxygens (including phenoxy) is 2. The number of hydrogen-bond donors (Lipinski definition) is 0. The highest BCUT2D eigenvalue weighted by molar-refractivity contribution is 5.95. The fraction of sp³-hybridized carbons (Fsp3) is 0.700. The summed E-state index contributed by atoms with van der Waals surface area (Å²) in [6.07, 6.45) is -0.147. The predicted molar refractivity (Wildman–Crippen MR) is 51.9 cm³/mol. The topological polar surface area (TPSA) is 69.7 Å². The van der Waals surface area contributed by atoms with Gasteiger partial charge in [-0.05, 0) is 6.42 Å². The minimum atomic E-state index is -0.940. The molecule has 0 aliphatic carbocycles. The lowest BCUT2D eigenvalue weighted by molar-refractivity contribution is -0.182. The van der Waals surface area contributed by atoms with E-state index in [0.29, 0.717) is 12.8 Å². The van der Waals surface area contributed by atoms with Gasteiger partial charge in [0.1, 0.15) is 12.2 Å². The first kappa shape index (κ1) is 13.6. The van der Waals surface area contributed by atoms with Gasteiger partial charge in [0.05, 0.1) is 0 Å². The highest BCUT2D eigenvalue weighted by Crippen LogP contribution is 2.00. The Morgan fingerprint density at radius 1 is 1.20 bits per heavy atom. The van der Waals surface area contributed by atoms with E-state index in [0.717, 1.165) is 0 Å². The van der Waals surface area contributed by atoms with Gasteiger partial charge >= 0.3 is 11.9 Å². The summed E-state index contributed by atoms with van der Waals surface area (Å²) in [4.78, 5) is 32.6. The lowest BCUT2D eigenvalue weighted by atomic mass is 10.2. The molecule has 0 fully saturated rings. The summed E-state index contributed by atoms with van der Waals surface area (Å²) in [7, 11) is 0. The van der Waals surface area contributed by atoms with Gasteiger partial charge in [-0.1, -0.05) is 6.92 Å². The minimum absolute atomic E-state index is 0.169. The van der Waals surface area contributed by atoms with Gasteiger partial charge in [-0.15, -0.1) is 0 Å². The number of Topliss-reactive ketones (excluding diaryl/α,β-unsaturated/α-hetero) is 1. The van der Waals surface area contributed by atoms with Crippen LogP contribution in [0.15, 0.2) is 0 Å². The summed E-state index contributed by atoms with van der Waals surface area (Å²) >= 11 is 0. The molecule has 0 aliphatic heterocycles. The van der Waals surface area contributed by atoms with E-state index in [1.807, 2.05) is 6.92 Å². The van der Waals surface area contributed by atoms with E-state index in [1.165, 1.54) is 13.8 Å². The Morgan fingerprint density at radius 3 is 2.27 bits per heavy atom. The van der Waals surface area contributed by atoms with Crippen LogP contribution in [0, 0.1) is 0 Å². The van der Waals surface area contributed by atoms with E-state index >= 15 is 0 Å². The van der Waals surface area contributed by atoms with Gasteiger partial charge in [0.2, 0.25) is 6.29 Å². The molecular weight excluding hydrogens is 200 g/mol. The maximum atomic E-state index is 11.1. The van der Waals surface area contributed by atoms with Gasteiger partial charge in [0.25, 0.3) is 0 Å². The summed E-state index contributed by atoms with van der Waals surface area (Å²) in [5.41, 5.74) is 0. The minimum Gasteiger partial charge on any atom is -0.426 e. The summed E-state index contributed by atoms with van der Waals surface area (Å²) in [6.45, 7) is 4.49. The maximum Gasteiger partial charge on any atom is 0.316 e. The fourth-order valence-electron chi connectivity index (χ4n) is 1.01. The van der Waals surface area contributed by atoms with Crippen molar-refractivity contribution >= 4 is 17.7 Å². The zero-order chi connectivity index (χ0) is 11.8. The Morgan fingerprint density at radius 2 is 1.80 bits per heavy atom. The van der Waals surface area contributed by atoms with Crippen molar-refractivity contribution in [2.45, 2.75) is 46.3 Å². The second kappa shape index (κ2) is 6.98. The Kier molecular flexibility index (Phi) is 6.33. The van der Waals surface area contributed by atoms with Crippen LogP contribution in [-0.4, -0.2) is 24.0 Å². The van der Waals surface area contributed by atoms with Gasteiger partial charge in [0, 0.05) is 20.3 Å². The first-order valence-electron chi connectivity index (χ1n) is 4.84. The molecule has 1 atom stereocenters. The zero-order valence-electron chi connectivity index (χ0n) is 9.24. The summed E-state index contributed by atoms with van der Waals surface area (Å²) in [5.74, 6) is -1.37. The number of hydrogen-bond acceptors (Lipinski definition) is 5. The second-order valence-electron chi connectivity index (χ2n) is 3.13. The van der Waals surface area contributed by atoms with Gasteiger partial charge < -0.3 is 9.47 Å². The molecule has 0 N–H and O–H groups in total. The first-order valence-corrected chi connectivity index (χ1v) is 4.84. The monoisotopic (exact) mass is 216 g/mol. The number of rotatable bonds is 6. The average Bonchev–Trinajstić information content (AvgIpc) is 2.00. The van der Waals surface area contributed by atoms with Gasteiger partial charge in [-0.3, -0.25) is 14.4 Å². The molecule has 0 aromatic heterocycles. The molecule has 86 valence electrons. The molecule has 0 bridgehead atoms. The highest BCUT2D eigenvalue weighted by Gasteiger charge is 2.14. The fourth-order valence-corrected chi connectivity index (χ4v) is 1.01. The van der Waals surface area contributed by atoms with Crippen LogP contribution in [0.4, 0.5) is 0 Å². The molecule has 1 unspecified atom stereocenters. The second-order valence-corrected chi connectivity index (χ2v) is 3.13. The zero-order valence-corrected chi connectivity index (χ0v) is 9.24. The van der Waals surface area contributed by atoms with E-state index < -0.39 is 18.2 Å². The van der Waals surface area contributed by atoms with Crippen LogP contribution in [0.25, 0.3) is 0 Å². The van der Waals surface area contributed by atoms with Gasteiger partial charge in [-0.25, -0.2) is 0 Å². The molecule has 0 aliphatic rings. The standard InChI is InChI=1S/C10H16O5/c1-4-5-9(12)6-10(13)15-8(3)14-7(2)11/h8H,4-6H2,1-3H3. The first-order chi connectivity index (χ1) is 6.95. The van der Waals surface area contributed by atoms with Crippen molar-refractivity contribution in [1.29, 1.82) is 0 Å². The molecule has 5 heteroatoms. The molecule has 0 aromatic carbocycles. The van der Waals surface area contributed by atoms with Crippen molar-refractivity contribution in [3.05, 3.63) is 0 Å². The number of carbonyl (C=O) groups is 3. The Bertz CT molecular complexity index is 246. The number of esters is 2. The molecular formula is C10H16O5. The molecule has 0 saturated carbocycles. The summed E-state index contributed by atoms with van der Waals surface area (Å²) < 4.78 is 9.24. The van der Waals surface area contributed by atoms with Crippen LogP contribution >= 0.6 is 0 Å². The summed E-state index contributed by atoms with van der Waals surface area (Å²) in [6, 6.07) is 0. The molecule has 0 rings (SSSR count). The van der Waals surface area contributed by atoms with Crippen LogP contribution in [-0.2, 0) is 23.9 Å². The molecule has 0 amide bonds. The lowest BCUT2D eigenvalue weighted by Crippen LogP contribution is -2.21. The van der Waals surface area contributed by atoms with Crippen molar-refractivity contribution in [3.63, 3.8) is 0 Å². The lowest BCUT2D eigenvalue weighted by Gasteiger charge is -2.12. The number of ketones is 1. The van der Waals surface area contributed by atoms with Crippen LogP contribution in [0.5, 0.6) is 0 Å². The van der Waals surface area contributed by atoms with Crippen LogP contribution in [0.2, 0.25) is 0 Å². The third-order valence-electron chi connectivity index (χ3n) is 1.50. The van der Waals surface area contributed by atoms with Crippen molar-refractivity contribution in [2.24, 2.45) is 0 Å². The van der Waals surface area contributed by atoms with E-state index in [2.05, 4.69) is 9.47 Å². The van der Waals surface area contributed by atoms with Crippen LogP contribution in [0.1, 0.15) is 40.0 Å². The van der Waals surface area contributed by atoms with E-state index in [-0.39, 0.29) is 12.2 Å². The normalized spacial score (nSPS) is 11.7. The van der Waals surface area contributed by atoms with Crippen molar-refractivity contribution in [1.82, 2.24) is 0 Å². The third-order valence-corrected chi connectivity index (χ3v) is 1.50. The van der Waals surface area contributed by atoms with Crippen LogP contribution < -0.4 is 0 Å². The highest BCUT2D eigenvalue weighted by atomic mass is 16.7. The Labute approximate surface area is 88.7 Å². The molecule has 15 heavy (non-hydrogen) atoms. The summed E-state index contributed by atoms with van der Waals surface area (Å²) in [5, 5.41) is 0. The van der Waals surface area contributed by atoms with E-state index in [4.69, 9.17) is 0 Å².